The maximum Gasteiger partial charge on any atom is 0.303 e. The highest BCUT2D eigenvalue weighted by molar-refractivity contribution is 5.85. The molecule has 0 unspecified atom stereocenters. The van der Waals surface area contributed by atoms with Crippen LogP contribution in [0.25, 0.3) is 10.4 Å². The normalized spacial score (nSPS) is 14.4. The number of hydrogen-bond acceptors (Lipinski definition) is 10. The third-order valence-corrected chi connectivity index (χ3v) is 2.74. The summed E-state index contributed by atoms with van der Waals surface area (Å²) in [7, 11) is 0. The largest absolute Gasteiger partial charge is 0.463 e. The Hall–Kier alpha value is -3.18. The number of nitrogens with zero attached hydrogens (tertiary/aromatic N) is 3. The summed E-state index contributed by atoms with van der Waals surface area (Å²) in [6.07, 6.45) is -7.50. The topological polar surface area (TPSA) is 191 Å². The molecule has 0 saturated carbocycles. The first kappa shape index (κ1) is 23.8. The van der Waals surface area contributed by atoms with Crippen molar-refractivity contribution in [1.82, 2.24) is 0 Å². The minimum atomic E-state index is -2.03. The monoisotopic (exact) mass is 389 g/mol. The van der Waals surface area contributed by atoms with E-state index in [1.807, 2.05) is 0 Å². The van der Waals surface area contributed by atoms with Crippen molar-refractivity contribution in [1.29, 1.82) is 0 Å². The summed E-state index contributed by atoms with van der Waals surface area (Å²) in [5.41, 5.74) is 8.42. The quantitative estimate of drug-likeness (QED) is 0.177. The number of amides is 1. The smallest absolute Gasteiger partial charge is 0.303 e. The number of hydrogen-bond donors (Lipinski definition) is 1. The molecule has 1 amide bonds. The molecule has 0 aromatic rings. The highest BCUT2D eigenvalue weighted by atomic mass is 16.6. The molecular weight excluding hydrogens is 370 g/mol. The van der Waals surface area contributed by atoms with Crippen molar-refractivity contribution in [3.05, 3.63) is 10.4 Å². The molecule has 0 spiro atoms. The summed E-state index contributed by atoms with van der Waals surface area (Å²) in [4.78, 5) is 59.2. The van der Waals surface area contributed by atoms with Gasteiger partial charge in [-0.05, 0) is 10.6 Å². The molecular formula is C14H19N3O10. The number of aliphatic hydroxyl groups is 1. The van der Waals surface area contributed by atoms with Gasteiger partial charge in [0.2, 0.25) is 6.10 Å². The van der Waals surface area contributed by atoms with Gasteiger partial charge in [0.05, 0.1) is 0 Å². The Morgan fingerprint density at radius 2 is 1.37 bits per heavy atom. The molecule has 0 saturated heterocycles. The number of azide groups is 1. The molecule has 13 nitrogen and oxygen atoms in total. The number of aliphatic hydroxyl groups excluding tert-OH is 1. The van der Waals surface area contributed by atoms with E-state index in [0.717, 1.165) is 27.7 Å². The molecule has 13 heteroatoms. The standard InChI is InChI=1S/C14H19N3O10/c1-6(18)24-5-10(22)11(25-7(2)19)12(26-8(3)20)13(27-9(4)21)14(23)16-17-15/h10-13,22H,5H2,1-4H3/t10-,11-,12+,13-/m1/s1. The predicted molar refractivity (Wildman–Crippen MR) is 83.5 cm³/mol. The highest BCUT2D eigenvalue weighted by Crippen LogP contribution is 2.19. The Labute approximate surface area is 153 Å². The summed E-state index contributed by atoms with van der Waals surface area (Å²) < 4.78 is 19.1. The Balaban J connectivity index is 6.02. The molecule has 1 N–H and O–H groups in total. The van der Waals surface area contributed by atoms with Crippen LogP contribution in [0.1, 0.15) is 27.7 Å². The lowest BCUT2D eigenvalue weighted by Crippen LogP contribution is -2.53. The molecule has 0 heterocycles. The van der Waals surface area contributed by atoms with Crippen molar-refractivity contribution in [2.24, 2.45) is 5.11 Å². The number of ether oxygens (including phenoxy) is 4. The van der Waals surface area contributed by atoms with Crippen LogP contribution in [0.5, 0.6) is 0 Å². The zero-order valence-corrected chi connectivity index (χ0v) is 15.0. The van der Waals surface area contributed by atoms with Crippen LogP contribution in [0, 0.1) is 0 Å². The molecule has 0 aromatic heterocycles. The molecule has 27 heavy (non-hydrogen) atoms. The molecule has 0 fully saturated rings. The van der Waals surface area contributed by atoms with Crippen LogP contribution in [0.4, 0.5) is 0 Å². The van der Waals surface area contributed by atoms with Gasteiger partial charge in [0.25, 0.3) is 5.91 Å². The maximum absolute atomic E-state index is 12.0. The molecule has 0 rings (SSSR count). The first-order valence-corrected chi connectivity index (χ1v) is 7.41. The van der Waals surface area contributed by atoms with Crippen LogP contribution in [-0.4, -0.2) is 65.9 Å². The number of carbonyl (C=O) groups excluding carboxylic acids is 5. The number of carbonyl (C=O) groups is 5. The van der Waals surface area contributed by atoms with Crippen molar-refractivity contribution in [3.63, 3.8) is 0 Å². The number of esters is 4. The molecule has 0 aliphatic rings. The molecule has 4 atom stereocenters. The summed E-state index contributed by atoms with van der Waals surface area (Å²) in [5, 5.41) is 13.0. The molecule has 0 bridgehead atoms. The minimum absolute atomic E-state index is 0.701. The zero-order valence-electron chi connectivity index (χ0n) is 15.0. The second-order valence-corrected chi connectivity index (χ2v) is 5.08. The third kappa shape index (κ3) is 9.18. The van der Waals surface area contributed by atoms with Gasteiger partial charge >= 0.3 is 23.9 Å². The Morgan fingerprint density at radius 3 is 1.78 bits per heavy atom. The van der Waals surface area contributed by atoms with E-state index in [1.54, 1.807) is 0 Å². The van der Waals surface area contributed by atoms with Crippen LogP contribution < -0.4 is 0 Å². The molecule has 0 aliphatic heterocycles. The second kappa shape index (κ2) is 11.4. The van der Waals surface area contributed by atoms with Crippen LogP contribution in [-0.2, 0) is 42.9 Å². The summed E-state index contributed by atoms with van der Waals surface area (Å²) in [5.74, 6) is -5.13. The summed E-state index contributed by atoms with van der Waals surface area (Å²) in [6, 6.07) is 0. The highest BCUT2D eigenvalue weighted by Gasteiger charge is 2.44. The Bertz CT molecular complexity index is 643. The van der Waals surface area contributed by atoms with Crippen molar-refractivity contribution in [2.45, 2.75) is 52.1 Å². The molecule has 0 aromatic carbocycles. The lowest BCUT2D eigenvalue weighted by molar-refractivity contribution is -0.197. The minimum Gasteiger partial charge on any atom is -0.463 e. The maximum atomic E-state index is 12.0. The van der Waals surface area contributed by atoms with E-state index in [4.69, 9.17) is 19.7 Å². The van der Waals surface area contributed by atoms with E-state index in [1.165, 1.54) is 0 Å². The van der Waals surface area contributed by atoms with Crippen LogP contribution in [0.2, 0.25) is 0 Å². The van der Waals surface area contributed by atoms with E-state index in [2.05, 4.69) is 14.8 Å². The fourth-order valence-corrected chi connectivity index (χ4v) is 1.88. The van der Waals surface area contributed by atoms with Gasteiger partial charge < -0.3 is 24.1 Å². The first-order chi connectivity index (χ1) is 12.5. The lowest BCUT2D eigenvalue weighted by Gasteiger charge is -2.32. The van der Waals surface area contributed by atoms with Gasteiger partial charge in [-0.25, -0.2) is 0 Å². The van der Waals surface area contributed by atoms with Gasteiger partial charge in [-0.3, -0.25) is 24.0 Å². The Kier molecular flexibility index (Phi) is 10.1. The summed E-state index contributed by atoms with van der Waals surface area (Å²) >= 11 is 0. The average Bonchev–Trinajstić information content (AvgIpc) is 2.53. The zero-order chi connectivity index (χ0) is 21.1. The van der Waals surface area contributed by atoms with Crippen molar-refractivity contribution < 1.29 is 48.0 Å². The summed E-state index contributed by atoms with van der Waals surface area (Å²) in [6.45, 7) is 3.14. The second-order valence-electron chi connectivity index (χ2n) is 5.08. The van der Waals surface area contributed by atoms with Gasteiger partial charge in [-0.2, -0.15) is 0 Å². The lowest BCUT2D eigenvalue weighted by atomic mass is 10.0. The first-order valence-electron chi connectivity index (χ1n) is 7.41. The molecule has 150 valence electrons. The Morgan fingerprint density at radius 1 is 0.889 bits per heavy atom. The van der Waals surface area contributed by atoms with Gasteiger partial charge in [-0.15, -0.1) is 0 Å². The van der Waals surface area contributed by atoms with E-state index >= 15 is 0 Å². The van der Waals surface area contributed by atoms with E-state index < -0.39 is 60.8 Å². The van der Waals surface area contributed by atoms with Gasteiger partial charge in [-0.1, -0.05) is 0 Å². The van der Waals surface area contributed by atoms with E-state index in [-0.39, 0.29) is 0 Å². The fourth-order valence-electron chi connectivity index (χ4n) is 1.88. The van der Waals surface area contributed by atoms with Crippen molar-refractivity contribution in [2.75, 3.05) is 6.61 Å². The van der Waals surface area contributed by atoms with Gasteiger partial charge in [0, 0.05) is 32.6 Å². The predicted octanol–water partition coefficient (Wildman–Crippen LogP) is -0.458. The molecule has 0 radical (unpaired) electrons. The van der Waals surface area contributed by atoms with Crippen molar-refractivity contribution >= 4 is 29.8 Å². The average molecular weight is 389 g/mol. The van der Waals surface area contributed by atoms with E-state index in [0.29, 0.717) is 0 Å². The van der Waals surface area contributed by atoms with Crippen LogP contribution in [0.15, 0.2) is 5.11 Å². The van der Waals surface area contributed by atoms with Gasteiger partial charge in [0.1, 0.15) is 12.7 Å². The molecule has 0 aliphatic carbocycles. The fraction of sp³-hybridized carbons (Fsp3) is 0.643. The van der Waals surface area contributed by atoms with Crippen molar-refractivity contribution in [3.8, 4) is 0 Å². The number of rotatable bonds is 9. The van der Waals surface area contributed by atoms with E-state index in [9.17, 15) is 29.1 Å². The van der Waals surface area contributed by atoms with Gasteiger partial charge in [0.15, 0.2) is 12.2 Å². The van der Waals surface area contributed by atoms with Crippen LogP contribution >= 0.6 is 0 Å². The van der Waals surface area contributed by atoms with Crippen LogP contribution in [0.3, 0.4) is 0 Å². The third-order valence-electron chi connectivity index (χ3n) is 2.74. The SMILES string of the molecule is CC(=O)OC[C@@H](O)[C@@H](OC(C)=O)[C@H](OC(C)=O)[C@@H](OC(C)=O)C(=O)N=[N+]=[N-].